The number of aliphatic hydroxyl groups is 2. The third kappa shape index (κ3) is 3.74. The maximum absolute atomic E-state index is 12.4. The highest BCUT2D eigenvalue weighted by Gasteiger charge is 2.45. The monoisotopic (exact) mass is 335 g/mol. The number of hydrogen-bond acceptors (Lipinski definition) is 3. The molecule has 1 fully saturated rings. The van der Waals surface area contributed by atoms with Gasteiger partial charge in [0.15, 0.2) is 0 Å². The molecule has 0 unspecified atom stereocenters. The summed E-state index contributed by atoms with van der Waals surface area (Å²) in [6.07, 6.45) is 1.45. The van der Waals surface area contributed by atoms with E-state index in [1.807, 2.05) is 30.3 Å². The largest absolute Gasteiger partial charge is 0.395 e. The molecule has 25 heavy (non-hydrogen) atoms. The molecule has 1 saturated carbocycles. The van der Waals surface area contributed by atoms with Crippen molar-refractivity contribution in [3.63, 3.8) is 0 Å². The molecule has 1 amide bonds. The Morgan fingerprint density at radius 2 is 1.88 bits per heavy atom. The van der Waals surface area contributed by atoms with Crippen LogP contribution in [0.4, 0.5) is 0 Å². The Morgan fingerprint density at radius 3 is 2.56 bits per heavy atom. The van der Waals surface area contributed by atoms with Gasteiger partial charge in [-0.1, -0.05) is 48.2 Å². The van der Waals surface area contributed by atoms with Crippen molar-refractivity contribution < 1.29 is 15.0 Å². The summed E-state index contributed by atoms with van der Waals surface area (Å²) in [4.78, 5) is 12.4. The van der Waals surface area contributed by atoms with E-state index < -0.39 is 0 Å². The number of amides is 1. The molecule has 0 spiro atoms. The quantitative estimate of drug-likeness (QED) is 0.747. The molecule has 0 heterocycles. The molecule has 0 radical (unpaired) electrons. The summed E-state index contributed by atoms with van der Waals surface area (Å²) >= 11 is 0. The minimum atomic E-state index is -0.256. The molecule has 1 aliphatic rings. The van der Waals surface area contributed by atoms with E-state index in [-0.39, 0.29) is 30.6 Å². The number of rotatable bonds is 4. The molecule has 0 atom stereocenters. The van der Waals surface area contributed by atoms with Crippen LogP contribution in [0.2, 0.25) is 0 Å². The Bertz CT molecular complexity index is 799. The van der Waals surface area contributed by atoms with Crippen LogP contribution in [-0.2, 0) is 5.41 Å². The third-order valence-corrected chi connectivity index (χ3v) is 4.73. The van der Waals surface area contributed by atoms with Gasteiger partial charge in [-0.25, -0.2) is 0 Å². The van der Waals surface area contributed by atoms with Crippen LogP contribution in [0, 0.1) is 11.8 Å². The van der Waals surface area contributed by atoms with Gasteiger partial charge in [-0.05, 0) is 36.6 Å². The van der Waals surface area contributed by atoms with Gasteiger partial charge in [0, 0.05) is 22.6 Å². The highest BCUT2D eigenvalue weighted by molar-refractivity contribution is 5.94. The summed E-state index contributed by atoms with van der Waals surface area (Å²) < 4.78 is 0. The van der Waals surface area contributed by atoms with Gasteiger partial charge in [-0.15, -0.1) is 0 Å². The van der Waals surface area contributed by atoms with E-state index in [1.54, 1.807) is 24.3 Å². The van der Waals surface area contributed by atoms with E-state index in [1.165, 1.54) is 0 Å². The molecule has 2 aromatic carbocycles. The maximum atomic E-state index is 12.4. The van der Waals surface area contributed by atoms with Gasteiger partial charge in [-0.3, -0.25) is 4.79 Å². The number of benzene rings is 2. The Labute approximate surface area is 147 Å². The van der Waals surface area contributed by atoms with Gasteiger partial charge in [-0.2, -0.15) is 0 Å². The minimum absolute atomic E-state index is 0.0482. The van der Waals surface area contributed by atoms with E-state index in [2.05, 4.69) is 17.2 Å². The highest BCUT2D eigenvalue weighted by Crippen LogP contribution is 2.43. The molecule has 1 aliphatic carbocycles. The van der Waals surface area contributed by atoms with Gasteiger partial charge in [0.05, 0.1) is 6.61 Å². The lowest BCUT2D eigenvalue weighted by molar-refractivity contribution is 0.0700. The molecular weight excluding hydrogens is 314 g/mol. The average molecular weight is 335 g/mol. The van der Waals surface area contributed by atoms with Crippen LogP contribution in [0.1, 0.15) is 34.3 Å². The van der Waals surface area contributed by atoms with E-state index in [0.717, 1.165) is 18.4 Å². The van der Waals surface area contributed by atoms with Crippen LogP contribution in [0.15, 0.2) is 54.6 Å². The predicted molar refractivity (Wildman–Crippen MR) is 96.1 cm³/mol. The van der Waals surface area contributed by atoms with Crippen LogP contribution in [0.3, 0.4) is 0 Å². The number of nitrogens with one attached hydrogen (secondary N) is 1. The van der Waals surface area contributed by atoms with Crippen molar-refractivity contribution in [2.24, 2.45) is 0 Å². The summed E-state index contributed by atoms with van der Waals surface area (Å²) in [5, 5.41) is 21.6. The summed E-state index contributed by atoms with van der Waals surface area (Å²) in [6, 6.07) is 17.0. The topological polar surface area (TPSA) is 69.6 Å². The first-order chi connectivity index (χ1) is 12.2. The summed E-state index contributed by atoms with van der Waals surface area (Å²) in [6.45, 7) is -0.128. The number of carbonyl (C=O) groups excluding carboxylic acids is 1. The van der Waals surface area contributed by atoms with Crippen LogP contribution in [-0.4, -0.2) is 35.4 Å². The molecule has 4 nitrogen and oxygen atoms in total. The van der Waals surface area contributed by atoms with E-state index in [4.69, 9.17) is 5.11 Å². The van der Waals surface area contributed by atoms with Crippen LogP contribution in [0.5, 0.6) is 0 Å². The summed E-state index contributed by atoms with van der Waals surface area (Å²) in [5.74, 6) is 5.24. The molecule has 3 N–H and O–H groups in total. The Hall–Kier alpha value is -2.61. The first kappa shape index (κ1) is 17.2. The Kier molecular flexibility index (Phi) is 5.18. The second-order valence-corrected chi connectivity index (χ2v) is 6.42. The molecule has 0 saturated heterocycles. The maximum Gasteiger partial charge on any atom is 0.251 e. The zero-order valence-electron chi connectivity index (χ0n) is 13.9. The lowest BCUT2D eigenvalue weighted by Crippen LogP contribution is -2.55. The smallest absolute Gasteiger partial charge is 0.251 e. The van der Waals surface area contributed by atoms with E-state index in [9.17, 15) is 9.90 Å². The standard InChI is InChI=1S/C21H21NO3/c23-11-5-7-16-6-4-8-17(12-16)20(25)22-19-13-21(14-19,15-24)18-9-2-1-3-10-18/h1-4,6,8-10,12,19,23-24H,11,13-15H2,(H,22,25). The molecule has 0 aromatic heterocycles. The fourth-order valence-corrected chi connectivity index (χ4v) is 3.38. The SMILES string of the molecule is O=C(NC1CC(CO)(c2ccccc2)C1)c1cccc(C#CCO)c1. The summed E-state index contributed by atoms with van der Waals surface area (Å²) in [7, 11) is 0. The van der Waals surface area contributed by atoms with Gasteiger partial charge in [0.2, 0.25) is 0 Å². The van der Waals surface area contributed by atoms with Crippen molar-refractivity contribution >= 4 is 5.91 Å². The van der Waals surface area contributed by atoms with Crippen LogP contribution in [0.25, 0.3) is 0 Å². The predicted octanol–water partition coefficient (Wildman–Crippen LogP) is 1.85. The van der Waals surface area contributed by atoms with Crippen molar-refractivity contribution in [3.05, 3.63) is 71.3 Å². The van der Waals surface area contributed by atoms with Crippen molar-refractivity contribution in [3.8, 4) is 11.8 Å². The van der Waals surface area contributed by atoms with Crippen LogP contribution < -0.4 is 5.32 Å². The first-order valence-electron chi connectivity index (χ1n) is 8.34. The minimum Gasteiger partial charge on any atom is -0.395 e. The zero-order valence-corrected chi connectivity index (χ0v) is 13.9. The van der Waals surface area contributed by atoms with Crippen molar-refractivity contribution in [1.29, 1.82) is 0 Å². The number of carbonyl (C=O) groups is 1. The van der Waals surface area contributed by atoms with Gasteiger partial charge in [0.25, 0.3) is 5.91 Å². The Balaban J connectivity index is 1.64. The first-order valence-corrected chi connectivity index (χ1v) is 8.34. The van der Waals surface area contributed by atoms with Crippen molar-refractivity contribution in [2.45, 2.75) is 24.3 Å². The molecule has 0 aliphatic heterocycles. The average Bonchev–Trinajstić information content (AvgIpc) is 2.63. The van der Waals surface area contributed by atoms with Gasteiger partial charge < -0.3 is 15.5 Å². The van der Waals surface area contributed by atoms with Crippen molar-refractivity contribution in [2.75, 3.05) is 13.2 Å². The molecule has 4 heteroatoms. The number of aliphatic hydroxyl groups excluding tert-OH is 2. The van der Waals surface area contributed by atoms with Crippen LogP contribution >= 0.6 is 0 Å². The lowest BCUT2D eigenvalue weighted by Gasteiger charge is -2.47. The number of hydrogen-bond donors (Lipinski definition) is 3. The lowest BCUT2D eigenvalue weighted by atomic mass is 9.62. The second-order valence-electron chi connectivity index (χ2n) is 6.42. The Morgan fingerprint density at radius 1 is 1.12 bits per heavy atom. The van der Waals surface area contributed by atoms with Gasteiger partial charge in [0.1, 0.15) is 6.61 Å². The summed E-state index contributed by atoms with van der Waals surface area (Å²) in [5.41, 5.74) is 2.10. The van der Waals surface area contributed by atoms with Crippen molar-refractivity contribution in [1.82, 2.24) is 5.32 Å². The molecular formula is C21H21NO3. The normalized spacial score (nSPS) is 21.6. The van der Waals surface area contributed by atoms with E-state index in [0.29, 0.717) is 11.1 Å². The second kappa shape index (κ2) is 7.52. The molecule has 3 rings (SSSR count). The third-order valence-electron chi connectivity index (χ3n) is 4.73. The highest BCUT2D eigenvalue weighted by atomic mass is 16.3. The van der Waals surface area contributed by atoms with Gasteiger partial charge >= 0.3 is 0 Å². The fraction of sp³-hybridized carbons (Fsp3) is 0.286. The molecule has 128 valence electrons. The molecule has 0 bridgehead atoms. The van der Waals surface area contributed by atoms with E-state index >= 15 is 0 Å². The molecule has 2 aromatic rings. The zero-order chi connectivity index (χ0) is 17.7. The fourth-order valence-electron chi connectivity index (χ4n) is 3.38.